The normalized spacial score (nSPS) is 12.3. The standard InChI is InChI=1S/C17H16N2O8S2/c20-14-4-2-12(28(22,23)24)7-10(14)8-18-9-11-1-3-13-16(29(25,26)27)6-5-15(21)17(13)19-11/h1-7,18,20-21H,8-9H2,(H,22,23,24)(H,25,26,27)/p-2. The van der Waals surface area contributed by atoms with Gasteiger partial charge in [-0.05, 0) is 35.9 Å². The predicted octanol–water partition coefficient (Wildman–Crippen LogP) is 0.165. The Balaban J connectivity index is 1.83. The SMILES string of the molecule is O=S(=O)(O)c1ccc([O-])c(CNCc2ccc3c(S(=O)(=O)O)ccc([O-])c3n2)c1. The highest BCUT2D eigenvalue weighted by molar-refractivity contribution is 7.86. The van der Waals surface area contributed by atoms with E-state index < -0.39 is 41.5 Å². The van der Waals surface area contributed by atoms with Gasteiger partial charge >= 0.3 is 0 Å². The lowest BCUT2D eigenvalue weighted by atomic mass is 10.1. The van der Waals surface area contributed by atoms with E-state index in [1.165, 1.54) is 12.1 Å². The van der Waals surface area contributed by atoms with Crippen LogP contribution in [0.15, 0.2) is 52.3 Å². The van der Waals surface area contributed by atoms with Gasteiger partial charge in [0.05, 0.1) is 16.1 Å². The molecule has 10 nitrogen and oxygen atoms in total. The molecule has 2 aromatic carbocycles. The van der Waals surface area contributed by atoms with Crippen LogP contribution in [0.5, 0.6) is 11.5 Å². The van der Waals surface area contributed by atoms with Gasteiger partial charge in [0, 0.05) is 18.5 Å². The van der Waals surface area contributed by atoms with E-state index in [-0.39, 0.29) is 29.6 Å². The Kier molecular flexibility index (Phi) is 5.47. The molecule has 0 amide bonds. The van der Waals surface area contributed by atoms with Crippen LogP contribution in [0.25, 0.3) is 10.9 Å². The second-order valence-corrected chi connectivity index (χ2v) is 8.90. The van der Waals surface area contributed by atoms with Crippen LogP contribution in [0, 0.1) is 0 Å². The minimum atomic E-state index is -4.53. The van der Waals surface area contributed by atoms with Gasteiger partial charge in [-0.25, -0.2) is 0 Å². The summed E-state index contributed by atoms with van der Waals surface area (Å²) in [5, 5.41) is 26.7. The van der Waals surface area contributed by atoms with Crippen molar-refractivity contribution in [2.75, 3.05) is 0 Å². The maximum Gasteiger partial charge on any atom is 0.295 e. The molecule has 154 valence electrons. The third-order valence-electron chi connectivity index (χ3n) is 4.07. The molecule has 0 aliphatic heterocycles. The monoisotopic (exact) mass is 438 g/mol. The molecule has 12 heteroatoms. The smallest absolute Gasteiger partial charge is 0.295 e. The first-order chi connectivity index (χ1) is 13.5. The van der Waals surface area contributed by atoms with E-state index in [9.17, 15) is 31.6 Å². The van der Waals surface area contributed by atoms with Crippen LogP contribution in [0.1, 0.15) is 11.3 Å². The predicted molar refractivity (Wildman–Crippen MR) is 97.2 cm³/mol. The first kappa shape index (κ1) is 21.0. The Bertz CT molecular complexity index is 1300. The van der Waals surface area contributed by atoms with Crippen LogP contribution in [0.3, 0.4) is 0 Å². The van der Waals surface area contributed by atoms with Crippen LogP contribution in [0.4, 0.5) is 0 Å². The first-order valence-electron chi connectivity index (χ1n) is 8.02. The number of nitrogens with one attached hydrogen (secondary N) is 1. The number of hydrogen-bond acceptors (Lipinski definition) is 8. The molecule has 1 heterocycles. The summed E-state index contributed by atoms with van der Waals surface area (Å²) in [5.74, 6) is -0.965. The molecule has 0 unspecified atom stereocenters. The van der Waals surface area contributed by atoms with Gasteiger partial charge in [-0.3, -0.25) is 14.1 Å². The molecule has 0 fully saturated rings. The highest BCUT2D eigenvalue weighted by Gasteiger charge is 2.15. The van der Waals surface area contributed by atoms with Crippen molar-refractivity contribution in [2.24, 2.45) is 0 Å². The highest BCUT2D eigenvalue weighted by atomic mass is 32.2. The van der Waals surface area contributed by atoms with Crippen LogP contribution < -0.4 is 15.5 Å². The second-order valence-electron chi connectivity index (χ2n) is 6.08. The van der Waals surface area contributed by atoms with Crippen molar-refractivity contribution in [3.05, 3.63) is 53.7 Å². The van der Waals surface area contributed by atoms with E-state index in [1.807, 2.05) is 0 Å². The van der Waals surface area contributed by atoms with Crippen molar-refractivity contribution >= 4 is 31.1 Å². The number of fused-ring (bicyclic) bond motifs is 1. The van der Waals surface area contributed by atoms with Crippen LogP contribution in [-0.2, 0) is 33.3 Å². The van der Waals surface area contributed by atoms with E-state index >= 15 is 0 Å². The Morgan fingerprint density at radius 3 is 2.21 bits per heavy atom. The molecule has 0 aliphatic carbocycles. The van der Waals surface area contributed by atoms with Crippen molar-refractivity contribution in [3.8, 4) is 11.5 Å². The van der Waals surface area contributed by atoms with E-state index in [2.05, 4.69) is 10.3 Å². The third-order valence-corrected chi connectivity index (χ3v) is 5.83. The summed E-state index contributed by atoms with van der Waals surface area (Å²) in [5.41, 5.74) is 0.303. The summed E-state index contributed by atoms with van der Waals surface area (Å²) in [6.07, 6.45) is 0. The van der Waals surface area contributed by atoms with Crippen LogP contribution in [0.2, 0.25) is 0 Å². The summed E-state index contributed by atoms with van der Waals surface area (Å²) in [7, 11) is -8.98. The minimum absolute atomic E-state index is 0.0218. The highest BCUT2D eigenvalue weighted by Crippen LogP contribution is 2.27. The first-order valence-corrected chi connectivity index (χ1v) is 10.9. The largest absolute Gasteiger partial charge is 0.872 e. The second kappa shape index (κ2) is 7.57. The summed E-state index contributed by atoms with van der Waals surface area (Å²) in [4.78, 5) is 3.25. The van der Waals surface area contributed by atoms with Gasteiger partial charge in [0.25, 0.3) is 20.2 Å². The fourth-order valence-corrected chi connectivity index (χ4v) is 3.92. The molecule has 0 aliphatic rings. The topological polar surface area (TPSA) is 180 Å². The molecule has 29 heavy (non-hydrogen) atoms. The van der Waals surface area contributed by atoms with Crippen molar-refractivity contribution in [3.63, 3.8) is 0 Å². The molecule has 3 N–H and O–H groups in total. The molecule has 3 aromatic rings. The summed E-state index contributed by atoms with van der Waals surface area (Å²) < 4.78 is 63.5. The third kappa shape index (κ3) is 4.63. The number of pyridine rings is 1. The minimum Gasteiger partial charge on any atom is -0.872 e. The lowest BCUT2D eigenvalue weighted by molar-refractivity contribution is -0.269. The zero-order valence-electron chi connectivity index (χ0n) is 14.6. The number of hydrogen-bond donors (Lipinski definition) is 3. The average molecular weight is 438 g/mol. The molecular weight excluding hydrogens is 424 g/mol. The van der Waals surface area contributed by atoms with E-state index in [0.29, 0.717) is 5.69 Å². The molecule has 1 aromatic heterocycles. The quantitative estimate of drug-likeness (QED) is 0.449. The van der Waals surface area contributed by atoms with Crippen molar-refractivity contribution in [1.82, 2.24) is 10.3 Å². The molecule has 0 bridgehead atoms. The Morgan fingerprint density at radius 1 is 0.862 bits per heavy atom. The maximum atomic E-state index is 12.0. The van der Waals surface area contributed by atoms with Crippen molar-refractivity contribution < 1.29 is 36.2 Å². The Morgan fingerprint density at radius 2 is 1.55 bits per heavy atom. The van der Waals surface area contributed by atoms with Crippen LogP contribution in [-0.4, -0.2) is 30.9 Å². The summed E-state index contributed by atoms with van der Waals surface area (Å²) >= 11 is 0. The van der Waals surface area contributed by atoms with Gasteiger partial charge in [-0.15, -0.1) is 5.75 Å². The Hall–Kier alpha value is -2.77. The fourth-order valence-electron chi connectivity index (χ4n) is 2.71. The van der Waals surface area contributed by atoms with Crippen molar-refractivity contribution in [1.29, 1.82) is 0 Å². The number of aromatic nitrogens is 1. The van der Waals surface area contributed by atoms with E-state index in [4.69, 9.17) is 4.55 Å². The van der Waals surface area contributed by atoms with Crippen molar-refractivity contribution in [2.45, 2.75) is 22.9 Å². The zero-order chi connectivity index (χ0) is 21.4. The average Bonchev–Trinajstić information content (AvgIpc) is 2.62. The molecule has 0 radical (unpaired) electrons. The summed E-state index contributed by atoms with van der Waals surface area (Å²) in [6, 6.07) is 7.83. The lowest BCUT2D eigenvalue weighted by Crippen LogP contribution is -2.16. The summed E-state index contributed by atoms with van der Waals surface area (Å²) in [6.45, 7) is 0.0260. The van der Waals surface area contributed by atoms with Gasteiger partial charge in [0.15, 0.2) is 0 Å². The maximum absolute atomic E-state index is 12.0. The van der Waals surface area contributed by atoms with Gasteiger partial charge < -0.3 is 15.5 Å². The molecule has 0 atom stereocenters. The van der Waals surface area contributed by atoms with Gasteiger partial charge in [0.2, 0.25) is 0 Å². The molecule has 0 spiro atoms. The molecule has 3 rings (SSSR count). The number of benzene rings is 2. The van der Waals surface area contributed by atoms with Gasteiger partial charge in [-0.1, -0.05) is 17.9 Å². The van der Waals surface area contributed by atoms with Gasteiger partial charge in [-0.2, -0.15) is 16.8 Å². The van der Waals surface area contributed by atoms with Crippen LogP contribution >= 0.6 is 0 Å². The van der Waals surface area contributed by atoms with E-state index in [1.54, 1.807) is 0 Å². The molecule has 0 saturated carbocycles. The molecular formula is C17H14N2O8S2-2. The number of rotatable bonds is 6. The zero-order valence-corrected chi connectivity index (χ0v) is 16.2. The lowest BCUT2D eigenvalue weighted by Gasteiger charge is -2.16. The molecule has 0 saturated heterocycles. The fraction of sp³-hybridized carbons (Fsp3) is 0.118. The Labute approximate surface area is 166 Å². The van der Waals surface area contributed by atoms with E-state index in [0.717, 1.165) is 30.3 Å². The van der Waals surface area contributed by atoms with Gasteiger partial charge in [0.1, 0.15) is 4.90 Å². The number of nitrogens with zero attached hydrogens (tertiary/aromatic N) is 1.